The minimum absolute atomic E-state index is 0.350. The number of benzene rings is 2. The Labute approximate surface area is 119 Å². The first-order valence-corrected chi connectivity index (χ1v) is 6.71. The summed E-state index contributed by atoms with van der Waals surface area (Å²) in [6, 6.07) is 18.1. The Morgan fingerprint density at radius 2 is 1.95 bits per heavy atom. The number of para-hydroxylation sites is 2. The van der Waals surface area contributed by atoms with Crippen LogP contribution in [0.2, 0.25) is 0 Å². The lowest BCUT2D eigenvalue weighted by Crippen LogP contribution is -2.25. The molecule has 0 N–H and O–H groups in total. The van der Waals surface area contributed by atoms with Crippen molar-refractivity contribution in [1.29, 1.82) is 5.26 Å². The summed E-state index contributed by atoms with van der Waals surface area (Å²) < 4.78 is 5.71. The van der Waals surface area contributed by atoms with Crippen molar-refractivity contribution in [3.05, 3.63) is 59.7 Å². The van der Waals surface area contributed by atoms with Gasteiger partial charge in [-0.25, -0.2) is 0 Å². The molecular weight excluding hydrogens is 248 g/mol. The molecule has 1 unspecified atom stereocenters. The second-order valence-electron chi connectivity index (χ2n) is 5.06. The Kier molecular flexibility index (Phi) is 3.30. The monoisotopic (exact) mass is 264 g/mol. The molecule has 2 aromatic rings. The number of nitriles is 1. The van der Waals surface area contributed by atoms with Gasteiger partial charge in [-0.1, -0.05) is 30.3 Å². The highest BCUT2D eigenvalue weighted by Gasteiger charge is 2.25. The molecule has 0 saturated heterocycles. The maximum absolute atomic E-state index is 9.18. The Balaban J connectivity index is 1.81. The number of likely N-dealkylation sites (N-methyl/N-ethyl adjacent to an activating group) is 1. The van der Waals surface area contributed by atoms with Crippen molar-refractivity contribution in [2.24, 2.45) is 0 Å². The minimum Gasteiger partial charge on any atom is -0.493 e. The van der Waals surface area contributed by atoms with E-state index in [4.69, 9.17) is 4.74 Å². The fourth-order valence-electron chi connectivity index (χ4n) is 2.71. The van der Waals surface area contributed by atoms with Crippen LogP contribution in [0, 0.1) is 11.3 Å². The van der Waals surface area contributed by atoms with Crippen molar-refractivity contribution in [3.63, 3.8) is 0 Å². The van der Waals surface area contributed by atoms with Crippen LogP contribution in [0.15, 0.2) is 48.5 Å². The standard InChI is InChI=1S/C17H16N2O/c1-19(16-8-4-2-6-13(16)10-18)11-14-12-20-17-9-5-3-7-15(14)17/h2-9,14H,11-12H2,1H3. The molecule has 2 aromatic carbocycles. The summed E-state index contributed by atoms with van der Waals surface area (Å²) in [5.41, 5.74) is 2.94. The Hall–Kier alpha value is -2.47. The van der Waals surface area contributed by atoms with Gasteiger partial charge in [0.1, 0.15) is 11.8 Å². The normalized spacial score (nSPS) is 16.1. The number of hydrogen-bond acceptors (Lipinski definition) is 3. The molecule has 0 amide bonds. The Morgan fingerprint density at radius 3 is 2.80 bits per heavy atom. The van der Waals surface area contributed by atoms with Gasteiger partial charge in [0.15, 0.2) is 0 Å². The first-order valence-electron chi connectivity index (χ1n) is 6.71. The third-order valence-electron chi connectivity index (χ3n) is 3.73. The molecule has 1 atom stereocenters. The van der Waals surface area contributed by atoms with Crippen LogP contribution in [0.3, 0.4) is 0 Å². The molecule has 0 bridgehead atoms. The van der Waals surface area contributed by atoms with Gasteiger partial charge < -0.3 is 9.64 Å². The van der Waals surface area contributed by atoms with Gasteiger partial charge in [-0.05, 0) is 18.2 Å². The number of nitrogens with zero attached hydrogens (tertiary/aromatic N) is 2. The third-order valence-corrected chi connectivity index (χ3v) is 3.73. The Morgan fingerprint density at radius 1 is 1.20 bits per heavy atom. The van der Waals surface area contributed by atoms with Crippen LogP contribution in [-0.4, -0.2) is 20.2 Å². The van der Waals surface area contributed by atoms with Crippen LogP contribution in [-0.2, 0) is 0 Å². The zero-order valence-electron chi connectivity index (χ0n) is 11.4. The lowest BCUT2D eigenvalue weighted by molar-refractivity contribution is 0.332. The van der Waals surface area contributed by atoms with Crippen molar-refractivity contribution < 1.29 is 4.74 Å². The van der Waals surface area contributed by atoms with E-state index in [1.54, 1.807) is 0 Å². The molecule has 0 fully saturated rings. The summed E-state index contributed by atoms with van der Waals surface area (Å²) in [7, 11) is 2.02. The van der Waals surface area contributed by atoms with Crippen LogP contribution in [0.4, 0.5) is 5.69 Å². The molecule has 100 valence electrons. The van der Waals surface area contributed by atoms with Crippen LogP contribution < -0.4 is 9.64 Å². The van der Waals surface area contributed by atoms with Gasteiger partial charge in [0.25, 0.3) is 0 Å². The average molecular weight is 264 g/mol. The smallest absolute Gasteiger partial charge is 0.122 e. The van der Waals surface area contributed by atoms with E-state index >= 15 is 0 Å². The number of anilines is 1. The summed E-state index contributed by atoms with van der Waals surface area (Å²) in [6.07, 6.45) is 0. The van der Waals surface area contributed by atoms with Gasteiger partial charge in [-0.2, -0.15) is 5.26 Å². The zero-order valence-corrected chi connectivity index (χ0v) is 11.4. The summed E-state index contributed by atoms with van der Waals surface area (Å²) in [5.74, 6) is 1.34. The fourth-order valence-corrected chi connectivity index (χ4v) is 2.71. The summed E-state index contributed by atoms with van der Waals surface area (Å²) in [4.78, 5) is 2.13. The molecule has 0 saturated carbocycles. The van der Waals surface area contributed by atoms with E-state index in [9.17, 15) is 5.26 Å². The molecule has 0 radical (unpaired) electrons. The maximum atomic E-state index is 9.18. The largest absolute Gasteiger partial charge is 0.493 e. The molecule has 0 spiro atoms. The summed E-state index contributed by atoms with van der Waals surface area (Å²) in [6.45, 7) is 1.55. The van der Waals surface area contributed by atoms with Crippen molar-refractivity contribution in [1.82, 2.24) is 0 Å². The summed E-state index contributed by atoms with van der Waals surface area (Å²) >= 11 is 0. The van der Waals surface area contributed by atoms with E-state index in [1.807, 2.05) is 49.5 Å². The first-order chi connectivity index (χ1) is 9.79. The van der Waals surface area contributed by atoms with Gasteiger partial charge in [0.05, 0.1) is 17.9 Å². The first kappa shape index (κ1) is 12.6. The predicted octanol–water partition coefficient (Wildman–Crippen LogP) is 3.17. The molecule has 20 heavy (non-hydrogen) atoms. The molecule has 1 heterocycles. The second-order valence-corrected chi connectivity index (χ2v) is 5.06. The third kappa shape index (κ3) is 2.21. The highest BCUT2D eigenvalue weighted by atomic mass is 16.5. The van der Waals surface area contributed by atoms with Crippen LogP contribution >= 0.6 is 0 Å². The Bertz CT molecular complexity index is 660. The van der Waals surface area contributed by atoms with E-state index in [1.165, 1.54) is 5.56 Å². The molecule has 1 aliphatic rings. The van der Waals surface area contributed by atoms with Gasteiger partial charge in [-0.3, -0.25) is 0 Å². The maximum Gasteiger partial charge on any atom is 0.122 e. The average Bonchev–Trinajstić information content (AvgIpc) is 2.90. The lowest BCUT2D eigenvalue weighted by atomic mass is 10.0. The van der Waals surface area contributed by atoms with Crippen LogP contribution in [0.5, 0.6) is 5.75 Å². The van der Waals surface area contributed by atoms with E-state index in [0.29, 0.717) is 18.1 Å². The zero-order chi connectivity index (χ0) is 13.9. The van der Waals surface area contributed by atoms with E-state index in [2.05, 4.69) is 17.0 Å². The number of fused-ring (bicyclic) bond motifs is 1. The van der Waals surface area contributed by atoms with E-state index in [-0.39, 0.29) is 0 Å². The molecule has 3 rings (SSSR count). The molecule has 0 aromatic heterocycles. The molecule has 1 aliphatic heterocycles. The quantitative estimate of drug-likeness (QED) is 0.854. The number of rotatable bonds is 3. The topological polar surface area (TPSA) is 36.3 Å². The van der Waals surface area contributed by atoms with E-state index < -0.39 is 0 Å². The highest BCUT2D eigenvalue weighted by molar-refractivity contribution is 5.59. The number of hydrogen-bond donors (Lipinski definition) is 0. The van der Waals surface area contributed by atoms with Crippen molar-refractivity contribution >= 4 is 5.69 Å². The second kappa shape index (κ2) is 5.26. The molecule has 3 nitrogen and oxygen atoms in total. The summed E-state index contributed by atoms with van der Waals surface area (Å²) in [5, 5.41) is 9.18. The molecular formula is C17H16N2O. The van der Waals surface area contributed by atoms with Gasteiger partial charge >= 0.3 is 0 Å². The lowest BCUT2D eigenvalue weighted by Gasteiger charge is -2.23. The SMILES string of the molecule is CN(CC1COc2ccccc21)c1ccccc1C#N. The fraction of sp³-hybridized carbons (Fsp3) is 0.235. The van der Waals surface area contributed by atoms with Crippen LogP contribution in [0.25, 0.3) is 0 Å². The van der Waals surface area contributed by atoms with E-state index in [0.717, 1.165) is 18.0 Å². The van der Waals surface area contributed by atoms with Gasteiger partial charge in [-0.15, -0.1) is 0 Å². The van der Waals surface area contributed by atoms with Crippen LogP contribution in [0.1, 0.15) is 17.0 Å². The molecule has 0 aliphatic carbocycles. The van der Waals surface area contributed by atoms with Crippen molar-refractivity contribution in [3.8, 4) is 11.8 Å². The number of ether oxygens (including phenoxy) is 1. The minimum atomic E-state index is 0.350. The highest BCUT2D eigenvalue weighted by Crippen LogP contribution is 2.34. The van der Waals surface area contributed by atoms with Crippen molar-refractivity contribution in [2.45, 2.75) is 5.92 Å². The predicted molar refractivity (Wildman–Crippen MR) is 79.1 cm³/mol. The van der Waals surface area contributed by atoms with Gasteiger partial charge in [0.2, 0.25) is 0 Å². The molecule has 3 heteroatoms. The van der Waals surface area contributed by atoms with Crippen molar-refractivity contribution in [2.75, 3.05) is 25.1 Å². The van der Waals surface area contributed by atoms with Gasteiger partial charge in [0, 0.05) is 25.1 Å².